The summed E-state index contributed by atoms with van der Waals surface area (Å²) in [4.78, 5) is 25.3. The van der Waals surface area contributed by atoms with Crippen LogP contribution in [0.2, 0.25) is 0 Å². The van der Waals surface area contributed by atoms with Crippen molar-refractivity contribution in [1.82, 2.24) is 4.90 Å². The first kappa shape index (κ1) is 17.0. The standard InChI is InChI=1S/C16H24N2O3/c1-4-7-14(19)12-8-9-15(13(17)10-12)21-11-16(20)18(5-2)6-3/h8-10H,4-7,11,17H2,1-3H3. The van der Waals surface area contributed by atoms with Gasteiger partial charge in [0.05, 0.1) is 5.69 Å². The number of ketones is 1. The van der Waals surface area contributed by atoms with Crippen molar-refractivity contribution in [2.24, 2.45) is 0 Å². The highest BCUT2D eigenvalue weighted by molar-refractivity contribution is 5.97. The third-order valence-corrected chi connectivity index (χ3v) is 3.28. The molecule has 1 aromatic carbocycles. The lowest BCUT2D eigenvalue weighted by molar-refractivity contribution is -0.132. The fourth-order valence-corrected chi connectivity index (χ4v) is 2.03. The topological polar surface area (TPSA) is 72.6 Å². The van der Waals surface area contributed by atoms with E-state index in [1.54, 1.807) is 23.1 Å². The molecule has 0 fully saturated rings. The Balaban J connectivity index is 2.69. The highest BCUT2D eigenvalue weighted by Crippen LogP contribution is 2.23. The highest BCUT2D eigenvalue weighted by Gasteiger charge is 2.12. The van der Waals surface area contributed by atoms with Crippen LogP contribution in [0.15, 0.2) is 18.2 Å². The smallest absolute Gasteiger partial charge is 0.260 e. The van der Waals surface area contributed by atoms with Crippen LogP contribution in [0.5, 0.6) is 5.75 Å². The number of carbonyl (C=O) groups excluding carboxylic acids is 2. The zero-order chi connectivity index (χ0) is 15.8. The summed E-state index contributed by atoms with van der Waals surface area (Å²) < 4.78 is 5.45. The molecule has 0 aliphatic rings. The van der Waals surface area contributed by atoms with Gasteiger partial charge in [0.1, 0.15) is 5.75 Å². The van der Waals surface area contributed by atoms with Crippen LogP contribution in [0.25, 0.3) is 0 Å². The molecule has 5 heteroatoms. The van der Waals surface area contributed by atoms with E-state index in [9.17, 15) is 9.59 Å². The normalized spacial score (nSPS) is 10.2. The van der Waals surface area contributed by atoms with Crippen molar-refractivity contribution >= 4 is 17.4 Å². The van der Waals surface area contributed by atoms with Gasteiger partial charge < -0.3 is 15.4 Å². The Morgan fingerprint density at radius 2 is 1.86 bits per heavy atom. The predicted molar refractivity (Wildman–Crippen MR) is 83.5 cm³/mol. The zero-order valence-electron chi connectivity index (χ0n) is 13.0. The SMILES string of the molecule is CCCC(=O)c1ccc(OCC(=O)N(CC)CC)c(N)c1. The number of hydrogen-bond acceptors (Lipinski definition) is 4. The maximum Gasteiger partial charge on any atom is 0.260 e. The van der Waals surface area contributed by atoms with Gasteiger partial charge in [-0.2, -0.15) is 0 Å². The third-order valence-electron chi connectivity index (χ3n) is 3.28. The van der Waals surface area contributed by atoms with Crippen molar-refractivity contribution in [3.63, 3.8) is 0 Å². The summed E-state index contributed by atoms with van der Waals surface area (Å²) in [7, 11) is 0. The molecule has 2 N–H and O–H groups in total. The van der Waals surface area contributed by atoms with Crippen molar-refractivity contribution in [3.8, 4) is 5.75 Å². The van der Waals surface area contributed by atoms with Gasteiger partial charge in [-0.1, -0.05) is 6.92 Å². The number of likely N-dealkylation sites (N-methyl/N-ethyl adjacent to an activating group) is 1. The fraction of sp³-hybridized carbons (Fsp3) is 0.500. The summed E-state index contributed by atoms with van der Waals surface area (Å²) in [6.07, 6.45) is 1.30. The van der Waals surface area contributed by atoms with E-state index in [2.05, 4.69) is 0 Å². The molecule has 0 atom stereocenters. The molecule has 1 aromatic rings. The van der Waals surface area contributed by atoms with Crippen molar-refractivity contribution in [2.75, 3.05) is 25.4 Å². The Labute approximate surface area is 126 Å². The minimum absolute atomic E-state index is 0.0475. The Kier molecular flexibility index (Phi) is 6.72. The molecule has 116 valence electrons. The Bertz CT molecular complexity index is 496. The summed E-state index contributed by atoms with van der Waals surface area (Å²) in [5.41, 5.74) is 6.84. The number of nitrogen functional groups attached to an aromatic ring is 1. The van der Waals surface area contributed by atoms with Crippen molar-refractivity contribution in [2.45, 2.75) is 33.6 Å². The number of anilines is 1. The Morgan fingerprint density at radius 3 is 2.38 bits per heavy atom. The number of carbonyl (C=O) groups is 2. The first-order valence-corrected chi connectivity index (χ1v) is 7.36. The molecule has 0 aromatic heterocycles. The molecule has 0 heterocycles. The zero-order valence-corrected chi connectivity index (χ0v) is 13.0. The maximum atomic E-state index is 11.9. The van der Waals surface area contributed by atoms with Gasteiger partial charge in [0.25, 0.3) is 5.91 Å². The number of Topliss-reactive ketones (excluding diaryl/α,β-unsaturated/α-hetero) is 1. The van der Waals surface area contributed by atoms with Crippen LogP contribution in [0.4, 0.5) is 5.69 Å². The Hall–Kier alpha value is -2.04. The van der Waals surface area contributed by atoms with Gasteiger partial charge in [-0.25, -0.2) is 0 Å². The quantitative estimate of drug-likeness (QED) is 0.590. The number of hydrogen-bond donors (Lipinski definition) is 1. The van der Waals surface area contributed by atoms with Crippen LogP contribution in [0, 0.1) is 0 Å². The van der Waals surface area contributed by atoms with E-state index >= 15 is 0 Å². The second kappa shape index (κ2) is 8.29. The minimum atomic E-state index is -0.0782. The predicted octanol–water partition coefficient (Wildman–Crippen LogP) is 2.50. The first-order chi connectivity index (χ1) is 10.0. The molecule has 1 amide bonds. The van der Waals surface area contributed by atoms with Crippen LogP contribution in [0.3, 0.4) is 0 Å². The van der Waals surface area contributed by atoms with E-state index in [4.69, 9.17) is 10.5 Å². The highest BCUT2D eigenvalue weighted by atomic mass is 16.5. The van der Waals surface area contributed by atoms with E-state index in [-0.39, 0.29) is 18.3 Å². The first-order valence-electron chi connectivity index (χ1n) is 7.36. The number of ether oxygens (including phenoxy) is 1. The molecule has 0 aliphatic carbocycles. The average molecular weight is 292 g/mol. The van der Waals surface area contributed by atoms with E-state index in [0.29, 0.717) is 36.5 Å². The summed E-state index contributed by atoms with van der Waals surface area (Å²) in [5, 5.41) is 0. The van der Waals surface area contributed by atoms with Gasteiger partial charge in [0, 0.05) is 25.1 Å². The molecular weight excluding hydrogens is 268 g/mol. The summed E-state index contributed by atoms with van der Waals surface area (Å²) in [6, 6.07) is 4.94. The molecule has 0 bridgehead atoms. The number of nitrogens with zero attached hydrogens (tertiary/aromatic N) is 1. The van der Waals surface area contributed by atoms with Crippen molar-refractivity contribution < 1.29 is 14.3 Å². The van der Waals surface area contributed by atoms with Crippen LogP contribution in [-0.2, 0) is 4.79 Å². The Morgan fingerprint density at radius 1 is 1.19 bits per heavy atom. The lowest BCUT2D eigenvalue weighted by Gasteiger charge is -2.19. The maximum absolute atomic E-state index is 11.9. The molecule has 1 rings (SSSR count). The minimum Gasteiger partial charge on any atom is -0.482 e. The van der Waals surface area contributed by atoms with Crippen LogP contribution >= 0.6 is 0 Å². The van der Waals surface area contributed by atoms with Gasteiger partial charge in [-0.15, -0.1) is 0 Å². The van der Waals surface area contributed by atoms with E-state index in [1.165, 1.54) is 0 Å². The average Bonchev–Trinajstić information content (AvgIpc) is 2.47. The molecule has 0 spiro atoms. The lowest BCUT2D eigenvalue weighted by Crippen LogP contribution is -2.34. The van der Waals surface area contributed by atoms with E-state index < -0.39 is 0 Å². The second-order valence-corrected chi connectivity index (χ2v) is 4.78. The number of benzene rings is 1. The summed E-state index contributed by atoms with van der Waals surface area (Å²) >= 11 is 0. The van der Waals surface area contributed by atoms with Crippen LogP contribution in [-0.4, -0.2) is 36.3 Å². The summed E-state index contributed by atoms with van der Waals surface area (Å²) in [5.74, 6) is 0.420. The van der Waals surface area contributed by atoms with E-state index in [1.807, 2.05) is 20.8 Å². The van der Waals surface area contributed by atoms with Gasteiger partial charge in [-0.3, -0.25) is 9.59 Å². The molecule has 0 radical (unpaired) electrons. The van der Waals surface area contributed by atoms with Gasteiger partial charge >= 0.3 is 0 Å². The molecular formula is C16H24N2O3. The third kappa shape index (κ3) is 4.77. The summed E-state index contributed by atoms with van der Waals surface area (Å²) in [6.45, 7) is 7.05. The molecule has 0 aliphatic heterocycles. The molecule has 5 nitrogen and oxygen atoms in total. The monoisotopic (exact) mass is 292 g/mol. The van der Waals surface area contributed by atoms with Gasteiger partial charge in [0.15, 0.2) is 12.4 Å². The molecule has 21 heavy (non-hydrogen) atoms. The van der Waals surface area contributed by atoms with Crippen molar-refractivity contribution in [1.29, 1.82) is 0 Å². The van der Waals surface area contributed by atoms with Crippen LogP contribution < -0.4 is 10.5 Å². The van der Waals surface area contributed by atoms with Gasteiger partial charge in [-0.05, 0) is 38.5 Å². The second-order valence-electron chi connectivity index (χ2n) is 4.78. The molecule has 0 saturated carbocycles. The number of amides is 1. The van der Waals surface area contributed by atoms with Gasteiger partial charge in [0.2, 0.25) is 0 Å². The largest absolute Gasteiger partial charge is 0.482 e. The number of nitrogens with two attached hydrogens (primary N) is 1. The van der Waals surface area contributed by atoms with Crippen LogP contribution in [0.1, 0.15) is 44.0 Å². The van der Waals surface area contributed by atoms with E-state index in [0.717, 1.165) is 6.42 Å². The lowest BCUT2D eigenvalue weighted by atomic mass is 10.1. The fourth-order valence-electron chi connectivity index (χ4n) is 2.03. The van der Waals surface area contributed by atoms with Crippen molar-refractivity contribution in [3.05, 3.63) is 23.8 Å². The molecule has 0 saturated heterocycles. The molecule has 0 unspecified atom stereocenters. The number of rotatable bonds is 8.